The fraction of sp³-hybridized carbons (Fsp3) is 0.480. The number of unbranched alkanes of at least 4 members (excludes halogenated alkanes) is 7. The molecule has 172 valence electrons. The van der Waals surface area contributed by atoms with Crippen molar-refractivity contribution in [3.8, 4) is 0 Å². The first-order chi connectivity index (χ1) is 15.0. The lowest BCUT2D eigenvalue weighted by atomic mass is 10.1. The summed E-state index contributed by atoms with van der Waals surface area (Å²) in [5, 5.41) is 11.4. The fourth-order valence-corrected chi connectivity index (χ4v) is 2.69. The van der Waals surface area contributed by atoms with Gasteiger partial charge in [0.05, 0.1) is 0 Å². The largest absolute Gasteiger partial charge is 0.480 e. The van der Waals surface area contributed by atoms with E-state index in [4.69, 9.17) is 10.8 Å². The average molecular weight is 431 g/mol. The van der Waals surface area contributed by atoms with Crippen molar-refractivity contribution in [1.29, 1.82) is 0 Å². The number of allylic oxidation sites excluding steroid dienone is 9. The van der Waals surface area contributed by atoms with E-state index in [1.54, 1.807) is 12.2 Å². The van der Waals surface area contributed by atoms with Gasteiger partial charge < -0.3 is 16.2 Å². The van der Waals surface area contributed by atoms with Gasteiger partial charge in [-0.1, -0.05) is 100 Å². The van der Waals surface area contributed by atoms with Crippen molar-refractivity contribution in [2.45, 2.75) is 77.2 Å². The Labute approximate surface area is 186 Å². The highest BCUT2D eigenvalue weighted by Gasteiger charge is 2.19. The van der Waals surface area contributed by atoms with Gasteiger partial charge in [0, 0.05) is 12.5 Å². The summed E-state index contributed by atoms with van der Waals surface area (Å²) in [7, 11) is 0. The van der Waals surface area contributed by atoms with E-state index in [-0.39, 0.29) is 12.8 Å². The Morgan fingerprint density at radius 3 is 1.97 bits per heavy atom. The zero-order valence-electron chi connectivity index (χ0n) is 18.7. The number of nitrogens with two attached hydrogens (primary N) is 1. The lowest BCUT2D eigenvalue weighted by Crippen LogP contribution is -2.40. The minimum absolute atomic E-state index is 0.0390. The normalized spacial score (nSPS) is 13.2. The monoisotopic (exact) mass is 430 g/mol. The van der Waals surface area contributed by atoms with Crippen molar-refractivity contribution in [2.24, 2.45) is 5.73 Å². The second kappa shape index (κ2) is 20.4. The van der Waals surface area contributed by atoms with Crippen LogP contribution >= 0.6 is 0 Å². The Morgan fingerprint density at radius 2 is 1.39 bits per heavy atom. The number of hydrogen-bond acceptors (Lipinski definition) is 3. The topological polar surface area (TPSA) is 109 Å². The second-order valence-corrected chi connectivity index (χ2v) is 7.26. The number of primary amides is 1. The van der Waals surface area contributed by atoms with Gasteiger partial charge in [-0.25, -0.2) is 4.79 Å². The third-order valence-corrected chi connectivity index (χ3v) is 4.43. The van der Waals surface area contributed by atoms with Gasteiger partial charge in [0.1, 0.15) is 6.04 Å². The van der Waals surface area contributed by atoms with E-state index in [1.165, 1.54) is 57.1 Å². The van der Waals surface area contributed by atoms with Crippen molar-refractivity contribution >= 4 is 17.8 Å². The van der Waals surface area contributed by atoms with Crippen molar-refractivity contribution in [3.05, 3.63) is 60.8 Å². The number of rotatable bonds is 18. The van der Waals surface area contributed by atoms with Crippen LogP contribution in [0.15, 0.2) is 60.8 Å². The maximum absolute atomic E-state index is 11.7. The molecule has 2 amide bonds. The Bertz CT molecular complexity index is 660. The molecule has 6 heteroatoms. The van der Waals surface area contributed by atoms with Crippen LogP contribution in [0.4, 0.5) is 0 Å². The standard InChI is InChI=1S/C25H38N2O4/c1-2-3-4-5-6-7-8-9-10-11-12-13-14-15-16-17-18-19-24(29)27-22(25(30)31)20-21-23(26)28/h10-19,22H,2-9,20-21H2,1H3,(H2,26,28)(H,27,29)(H,30,31)/t22-/m0/s1. The third kappa shape index (κ3) is 20.2. The zero-order valence-corrected chi connectivity index (χ0v) is 18.7. The molecule has 0 fully saturated rings. The van der Waals surface area contributed by atoms with Gasteiger partial charge >= 0.3 is 5.97 Å². The number of hydrogen-bond donors (Lipinski definition) is 3. The molecule has 0 heterocycles. The molecule has 0 bridgehead atoms. The SMILES string of the molecule is CCCCCCCCCC=CC=CC=CC=CC=CC(=O)N[C@@H](CCC(N)=O)C(=O)O. The highest BCUT2D eigenvalue weighted by atomic mass is 16.4. The molecule has 0 aliphatic heterocycles. The van der Waals surface area contributed by atoms with Gasteiger partial charge in [-0.3, -0.25) is 9.59 Å². The van der Waals surface area contributed by atoms with E-state index < -0.39 is 23.8 Å². The highest BCUT2D eigenvalue weighted by molar-refractivity contribution is 5.91. The maximum Gasteiger partial charge on any atom is 0.326 e. The molecule has 0 spiro atoms. The van der Waals surface area contributed by atoms with Crippen molar-refractivity contribution in [2.75, 3.05) is 0 Å². The zero-order chi connectivity index (χ0) is 23.2. The summed E-state index contributed by atoms with van der Waals surface area (Å²) in [4.78, 5) is 33.5. The maximum atomic E-state index is 11.7. The molecule has 31 heavy (non-hydrogen) atoms. The van der Waals surface area contributed by atoms with Crippen LogP contribution in [-0.2, 0) is 14.4 Å². The van der Waals surface area contributed by atoms with Crippen LogP contribution in [0.1, 0.15) is 71.1 Å². The lowest BCUT2D eigenvalue weighted by molar-refractivity contribution is -0.141. The number of carboxylic acids is 1. The van der Waals surface area contributed by atoms with Gasteiger partial charge in [-0.15, -0.1) is 0 Å². The third-order valence-electron chi connectivity index (χ3n) is 4.43. The van der Waals surface area contributed by atoms with Crippen LogP contribution in [0.5, 0.6) is 0 Å². The van der Waals surface area contributed by atoms with Crippen LogP contribution in [0, 0.1) is 0 Å². The number of carbonyl (C=O) groups is 3. The number of carbonyl (C=O) groups excluding carboxylic acids is 2. The first-order valence-corrected chi connectivity index (χ1v) is 11.1. The van der Waals surface area contributed by atoms with Crippen molar-refractivity contribution < 1.29 is 19.5 Å². The molecule has 4 N–H and O–H groups in total. The predicted molar refractivity (Wildman–Crippen MR) is 126 cm³/mol. The van der Waals surface area contributed by atoms with Gasteiger partial charge in [-0.2, -0.15) is 0 Å². The van der Waals surface area contributed by atoms with Crippen LogP contribution in [0.25, 0.3) is 0 Å². The molecule has 0 radical (unpaired) electrons. The van der Waals surface area contributed by atoms with E-state index in [2.05, 4.69) is 18.3 Å². The summed E-state index contributed by atoms with van der Waals surface area (Å²) in [6, 6.07) is -1.14. The molecule has 0 aromatic heterocycles. The molecule has 0 aromatic carbocycles. The fourth-order valence-electron chi connectivity index (χ4n) is 2.69. The van der Waals surface area contributed by atoms with Crippen molar-refractivity contribution in [3.63, 3.8) is 0 Å². The van der Waals surface area contributed by atoms with Crippen LogP contribution in [0.3, 0.4) is 0 Å². The van der Waals surface area contributed by atoms with Gasteiger partial charge in [-0.05, 0) is 19.3 Å². The van der Waals surface area contributed by atoms with E-state index in [0.29, 0.717) is 0 Å². The van der Waals surface area contributed by atoms with Crippen LogP contribution < -0.4 is 11.1 Å². The van der Waals surface area contributed by atoms with E-state index in [9.17, 15) is 14.4 Å². The number of amides is 2. The Hall–Kier alpha value is -2.89. The molecule has 0 aromatic rings. The van der Waals surface area contributed by atoms with E-state index in [0.717, 1.165) is 6.42 Å². The molecule has 0 saturated carbocycles. The summed E-state index contributed by atoms with van der Waals surface area (Å²) in [6.45, 7) is 2.24. The van der Waals surface area contributed by atoms with E-state index in [1.807, 2.05) is 30.4 Å². The van der Waals surface area contributed by atoms with Gasteiger partial charge in [0.15, 0.2) is 0 Å². The van der Waals surface area contributed by atoms with Crippen LogP contribution in [0.2, 0.25) is 0 Å². The smallest absolute Gasteiger partial charge is 0.326 e. The number of carboxylic acid groups (broad SMARTS) is 1. The summed E-state index contributed by atoms with van der Waals surface area (Å²) >= 11 is 0. The summed E-state index contributed by atoms with van der Waals surface area (Å²) < 4.78 is 0. The molecule has 0 aliphatic carbocycles. The summed E-state index contributed by atoms with van der Waals surface area (Å²) in [5.74, 6) is -2.36. The minimum atomic E-state index is -1.20. The molecule has 6 nitrogen and oxygen atoms in total. The number of aliphatic carboxylic acids is 1. The van der Waals surface area contributed by atoms with Gasteiger partial charge in [0.25, 0.3) is 0 Å². The van der Waals surface area contributed by atoms with Crippen LogP contribution in [-0.4, -0.2) is 28.9 Å². The predicted octanol–water partition coefficient (Wildman–Crippen LogP) is 4.74. The quantitative estimate of drug-likeness (QED) is 0.166. The average Bonchev–Trinajstić information content (AvgIpc) is 2.73. The number of nitrogens with one attached hydrogen (secondary N) is 1. The Morgan fingerprint density at radius 1 is 0.839 bits per heavy atom. The first-order valence-electron chi connectivity index (χ1n) is 11.1. The minimum Gasteiger partial charge on any atom is -0.480 e. The molecule has 0 rings (SSSR count). The summed E-state index contributed by atoms with van der Waals surface area (Å²) in [6.07, 6.45) is 28.2. The lowest BCUT2D eigenvalue weighted by Gasteiger charge is -2.11. The highest BCUT2D eigenvalue weighted by Crippen LogP contribution is 2.08. The molecule has 0 aliphatic rings. The Kier molecular flexibility index (Phi) is 18.5. The second-order valence-electron chi connectivity index (χ2n) is 7.26. The molecular weight excluding hydrogens is 392 g/mol. The van der Waals surface area contributed by atoms with E-state index >= 15 is 0 Å². The van der Waals surface area contributed by atoms with Gasteiger partial charge in [0.2, 0.25) is 11.8 Å². The van der Waals surface area contributed by atoms with Crippen molar-refractivity contribution in [1.82, 2.24) is 5.32 Å². The molecule has 0 unspecified atom stereocenters. The molecular formula is C25H38N2O4. The molecule has 0 saturated heterocycles. The molecule has 1 atom stereocenters. The summed E-state index contributed by atoms with van der Waals surface area (Å²) in [5.41, 5.74) is 5.00. The Balaban J connectivity index is 3.97. The first kappa shape index (κ1) is 28.1.